The second-order valence-electron chi connectivity index (χ2n) is 16.4. The van der Waals surface area contributed by atoms with Crippen LogP contribution in [0, 0.1) is 11.7 Å². The number of allylic oxidation sites excluding steroid dienone is 1. The maximum Gasteiger partial charge on any atom is 0.278 e. The number of nitrogens with one attached hydrogen (secondary N) is 3. The van der Waals surface area contributed by atoms with Crippen LogP contribution < -0.4 is 26.4 Å². The summed E-state index contributed by atoms with van der Waals surface area (Å²) in [6.45, 7) is 12.3. The van der Waals surface area contributed by atoms with Gasteiger partial charge in [0.2, 0.25) is 17.8 Å². The molecule has 3 saturated heterocycles. The standard InChI is InChI=1S/C44H51FN10O4/c1-4-20-54-42(58)34-26-46-43(51-40(34)55(54)38-7-5-6-37(49-38)44(2,3)59)48-30-8-11-32(12-9-30)53-23-16-28(17-24-53)27-52-21-18-29(19-22-52)33-13-10-31(25-35(33)45)47-36-14-15-39(56)50-41(36)57/h4-13,25-26,28-29,36,47,59H,1,14-24,27H2,2-3H3,(H,46,48,51)(H,50,56,57). The van der Waals surface area contributed by atoms with Crippen LogP contribution in [0.5, 0.6) is 0 Å². The maximum absolute atomic E-state index is 15.3. The van der Waals surface area contributed by atoms with E-state index in [0.717, 1.165) is 75.3 Å². The lowest BCUT2D eigenvalue weighted by molar-refractivity contribution is -0.133. The number of halogens is 1. The normalized spacial score (nSPS) is 18.6. The topological polar surface area (TPSA) is 163 Å². The molecule has 1 unspecified atom stereocenters. The number of carbonyl (C=O) groups is 2. The number of hydrogen-bond donors (Lipinski definition) is 4. The van der Waals surface area contributed by atoms with Crippen molar-refractivity contribution in [3.63, 3.8) is 0 Å². The third-order valence-corrected chi connectivity index (χ3v) is 11.8. The predicted molar refractivity (Wildman–Crippen MR) is 226 cm³/mol. The molecule has 6 heterocycles. The predicted octanol–water partition coefficient (Wildman–Crippen LogP) is 5.59. The minimum absolute atomic E-state index is 0.163. The quantitative estimate of drug-likeness (QED) is 0.0920. The van der Waals surface area contributed by atoms with Gasteiger partial charge >= 0.3 is 0 Å². The van der Waals surface area contributed by atoms with Crippen molar-refractivity contribution in [2.24, 2.45) is 5.92 Å². The number of nitrogens with zero attached hydrogens (tertiary/aromatic N) is 7. The molecule has 1 atom stereocenters. The van der Waals surface area contributed by atoms with Gasteiger partial charge in [0.15, 0.2) is 11.5 Å². The number of anilines is 4. The van der Waals surface area contributed by atoms with Crippen molar-refractivity contribution in [3.8, 4) is 5.82 Å². The highest BCUT2D eigenvalue weighted by molar-refractivity contribution is 6.01. The highest BCUT2D eigenvalue weighted by Crippen LogP contribution is 2.33. The van der Waals surface area contributed by atoms with Crippen LogP contribution in [0.15, 0.2) is 84.3 Å². The average molecular weight is 803 g/mol. The van der Waals surface area contributed by atoms with E-state index in [-0.39, 0.29) is 42.1 Å². The fourth-order valence-electron chi connectivity index (χ4n) is 8.52. The number of pyridine rings is 1. The number of hydrogen-bond acceptors (Lipinski definition) is 11. The Labute approximate surface area is 342 Å². The van der Waals surface area contributed by atoms with Crippen molar-refractivity contribution in [3.05, 3.63) is 107 Å². The number of carbonyl (C=O) groups excluding carboxylic acids is 2. The Balaban J connectivity index is 0.838. The van der Waals surface area contributed by atoms with Crippen LogP contribution >= 0.6 is 0 Å². The van der Waals surface area contributed by atoms with Crippen molar-refractivity contribution in [2.45, 2.75) is 76.5 Å². The van der Waals surface area contributed by atoms with Gasteiger partial charge in [-0.15, -0.1) is 6.58 Å². The minimum atomic E-state index is -1.17. The van der Waals surface area contributed by atoms with Gasteiger partial charge in [0.05, 0.1) is 12.2 Å². The van der Waals surface area contributed by atoms with Crippen LogP contribution in [0.1, 0.15) is 69.5 Å². The molecule has 8 rings (SSSR count). The van der Waals surface area contributed by atoms with E-state index < -0.39 is 11.6 Å². The molecule has 3 aliphatic heterocycles. The zero-order valence-corrected chi connectivity index (χ0v) is 33.5. The molecule has 0 radical (unpaired) electrons. The lowest BCUT2D eigenvalue weighted by atomic mass is 9.87. The maximum atomic E-state index is 15.3. The van der Waals surface area contributed by atoms with E-state index in [1.807, 2.05) is 24.3 Å². The Bertz CT molecular complexity index is 2410. The highest BCUT2D eigenvalue weighted by Gasteiger charge is 2.29. The zero-order valence-electron chi connectivity index (χ0n) is 33.5. The summed E-state index contributed by atoms with van der Waals surface area (Å²) in [7, 11) is 0. The number of amides is 2. The lowest BCUT2D eigenvalue weighted by Crippen LogP contribution is -2.47. The van der Waals surface area contributed by atoms with Crippen molar-refractivity contribution >= 4 is 45.9 Å². The molecule has 0 bridgehead atoms. The molecule has 308 valence electrons. The summed E-state index contributed by atoms with van der Waals surface area (Å²) in [5.41, 5.74) is 2.66. The summed E-state index contributed by atoms with van der Waals surface area (Å²) in [4.78, 5) is 55.8. The number of piperidine rings is 3. The molecule has 2 amide bonds. The molecule has 0 aliphatic carbocycles. The first-order valence-corrected chi connectivity index (χ1v) is 20.5. The lowest BCUT2D eigenvalue weighted by Gasteiger charge is -2.38. The molecular weight excluding hydrogens is 752 g/mol. The molecule has 5 aromatic rings. The summed E-state index contributed by atoms with van der Waals surface area (Å²) in [5.74, 6) is 0.656. The van der Waals surface area contributed by atoms with Crippen molar-refractivity contribution < 1.29 is 19.1 Å². The van der Waals surface area contributed by atoms with Gasteiger partial charge in [-0.1, -0.05) is 18.2 Å². The largest absolute Gasteiger partial charge is 0.384 e. The Morgan fingerprint density at radius 3 is 2.39 bits per heavy atom. The van der Waals surface area contributed by atoms with Gasteiger partial charge in [-0.2, -0.15) is 4.98 Å². The van der Waals surface area contributed by atoms with E-state index in [1.54, 1.807) is 42.8 Å². The Morgan fingerprint density at radius 1 is 0.949 bits per heavy atom. The van der Waals surface area contributed by atoms with E-state index in [4.69, 9.17) is 4.98 Å². The first kappa shape index (κ1) is 39.9. The fourth-order valence-corrected chi connectivity index (χ4v) is 8.52. The molecular formula is C44H51FN10O4. The average Bonchev–Trinajstić information content (AvgIpc) is 3.49. The molecule has 3 aromatic heterocycles. The van der Waals surface area contributed by atoms with Gasteiger partial charge in [-0.05, 0) is 125 Å². The second kappa shape index (κ2) is 16.7. The van der Waals surface area contributed by atoms with Gasteiger partial charge in [-0.25, -0.2) is 23.7 Å². The molecule has 14 nitrogen and oxygen atoms in total. The molecule has 2 aromatic carbocycles. The van der Waals surface area contributed by atoms with Gasteiger partial charge < -0.3 is 25.5 Å². The summed E-state index contributed by atoms with van der Waals surface area (Å²) >= 11 is 0. The second-order valence-corrected chi connectivity index (χ2v) is 16.4. The van der Waals surface area contributed by atoms with Crippen molar-refractivity contribution in [1.29, 1.82) is 0 Å². The minimum Gasteiger partial charge on any atom is -0.384 e. The molecule has 3 aliphatic rings. The molecule has 59 heavy (non-hydrogen) atoms. The van der Waals surface area contributed by atoms with Gasteiger partial charge in [0.25, 0.3) is 5.56 Å². The number of rotatable bonds is 12. The molecule has 0 spiro atoms. The number of aliphatic hydroxyl groups is 1. The van der Waals surface area contributed by atoms with Crippen LogP contribution in [0.4, 0.5) is 27.4 Å². The van der Waals surface area contributed by atoms with Crippen LogP contribution in [0.25, 0.3) is 16.9 Å². The number of likely N-dealkylation sites (tertiary alicyclic amines) is 1. The van der Waals surface area contributed by atoms with Crippen LogP contribution in [0.3, 0.4) is 0 Å². The van der Waals surface area contributed by atoms with Crippen LogP contribution in [0.2, 0.25) is 0 Å². The Hall–Kier alpha value is -5.93. The number of imide groups is 1. The van der Waals surface area contributed by atoms with Gasteiger partial charge in [-0.3, -0.25) is 19.7 Å². The molecule has 15 heteroatoms. The first-order chi connectivity index (χ1) is 28.4. The monoisotopic (exact) mass is 802 g/mol. The third-order valence-electron chi connectivity index (χ3n) is 11.8. The van der Waals surface area contributed by atoms with Gasteiger partial charge in [0, 0.05) is 49.3 Å². The number of benzene rings is 2. The number of fused-ring (bicyclic) bond motifs is 1. The highest BCUT2D eigenvalue weighted by atomic mass is 19.1. The van der Waals surface area contributed by atoms with Gasteiger partial charge in [0.1, 0.15) is 22.8 Å². The van der Waals surface area contributed by atoms with E-state index in [2.05, 4.69) is 54.4 Å². The van der Waals surface area contributed by atoms with E-state index >= 15 is 4.39 Å². The summed E-state index contributed by atoms with van der Waals surface area (Å²) in [6.07, 6.45) is 7.85. The Morgan fingerprint density at radius 2 is 1.69 bits per heavy atom. The van der Waals surface area contributed by atoms with E-state index in [9.17, 15) is 19.5 Å². The van der Waals surface area contributed by atoms with Crippen LogP contribution in [-0.4, -0.2) is 84.9 Å². The first-order valence-electron chi connectivity index (χ1n) is 20.5. The van der Waals surface area contributed by atoms with E-state index in [1.165, 1.54) is 16.9 Å². The summed E-state index contributed by atoms with van der Waals surface area (Å²) < 4.78 is 18.4. The molecule has 0 saturated carbocycles. The van der Waals surface area contributed by atoms with E-state index in [0.29, 0.717) is 46.5 Å². The van der Waals surface area contributed by atoms with Crippen molar-refractivity contribution in [1.82, 2.24) is 34.5 Å². The summed E-state index contributed by atoms with van der Waals surface area (Å²) in [6, 6.07) is 18.1. The fraction of sp³-hybridized carbons (Fsp3) is 0.409. The Kier molecular flexibility index (Phi) is 11.3. The van der Waals surface area contributed by atoms with Crippen molar-refractivity contribution in [2.75, 3.05) is 48.3 Å². The van der Waals surface area contributed by atoms with Crippen LogP contribution in [-0.2, 0) is 21.7 Å². The summed E-state index contributed by atoms with van der Waals surface area (Å²) in [5, 5.41) is 19.7. The molecule has 3 fully saturated rings. The smallest absolute Gasteiger partial charge is 0.278 e. The zero-order chi connectivity index (χ0) is 41.3. The third kappa shape index (κ3) is 8.76. The number of aromatic nitrogens is 5. The molecule has 4 N–H and O–H groups in total. The SMILES string of the molecule is C=CCn1c(=O)c2cnc(Nc3ccc(N4CCC(CN5CCC(c6ccc(NC7CCC(=O)NC7=O)cc6F)CC5)CC4)cc3)nc2n1-c1cccc(C(C)(C)O)n1.